The van der Waals surface area contributed by atoms with Crippen LogP contribution in [0.2, 0.25) is 0 Å². The van der Waals surface area contributed by atoms with Crippen molar-refractivity contribution in [1.82, 2.24) is 5.32 Å². The van der Waals surface area contributed by atoms with Gasteiger partial charge in [-0.05, 0) is 30.9 Å². The Morgan fingerprint density at radius 3 is 2.64 bits per heavy atom. The number of carbonyl (C=O) groups excluding carboxylic acids is 1. The summed E-state index contributed by atoms with van der Waals surface area (Å²) >= 11 is 0. The molecule has 0 bridgehead atoms. The summed E-state index contributed by atoms with van der Waals surface area (Å²) in [6, 6.07) is 6.63. The number of phenols is 1. The van der Waals surface area contributed by atoms with Gasteiger partial charge in [-0.3, -0.25) is 4.79 Å². The van der Waals surface area contributed by atoms with Crippen LogP contribution in [-0.2, 0) is 21.1 Å². The molecule has 6 heteroatoms. The van der Waals surface area contributed by atoms with E-state index in [2.05, 4.69) is 5.32 Å². The molecular weight excluding hydrogens is 302 g/mol. The molecule has 122 valence electrons. The molecule has 5 nitrogen and oxygen atoms in total. The first kappa shape index (κ1) is 16.8. The van der Waals surface area contributed by atoms with Crippen LogP contribution in [-0.4, -0.2) is 37.0 Å². The van der Waals surface area contributed by atoms with Crippen LogP contribution in [0.25, 0.3) is 0 Å². The van der Waals surface area contributed by atoms with Gasteiger partial charge in [0.15, 0.2) is 9.84 Å². The fourth-order valence-corrected chi connectivity index (χ4v) is 4.42. The molecule has 0 heterocycles. The van der Waals surface area contributed by atoms with E-state index in [1.807, 2.05) is 6.07 Å². The number of hydrogen-bond acceptors (Lipinski definition) is 4. The standard InChI is InChI=1S/C16H23NO4S/c1-22(20,21)15-9-5-3-7-13(15)17-16(19)11-10-12-6-2-4-8-14(12)18/h2,4,6,8,13,15,18H,3,5,7,9-11H2,1H3,(H,17,19)/t13-,15-/m1/s1. The number of aryl methyl sites for hydroxylation is 1. The summed E-state index contributed by atoms with van der Waals surface area (Å²) in [4.78, 5) is 12.1. The van der Waals surface area contributed by atoms with E-state index >= 15 is 0 Å². The van der Waals surface area contributed by atoms with E-state index in [0.29, 0.717) is 19.3 Å². The number of sulfone groups is 1. The number of rotatable bonds is 5. The van der Waals surface area contributed by atoms with Gasteiger partial charge in [-0.1, -0.05) is 31.0 Å². The summed E-state index contributed by atoms with van der Waals surface area (Å²) in [5, 5.41) is 12.1. The fourth-order valence-electron chi connectivity index (χ4n) is 3.02. The predicted octanol–water partition coefficient (Wildman–Crippen LogP) is 1.80. The molecule has 2 rings (SSSR count). The highest BCUT2D eigenvalue weighted by atomic mass is 32.2. The first-order valence-corrected chi connectivity index (χ1v) is 9.58. The van der Waals surface area contributed by atoms with Crippen molar-refractivity contribution in [1.29, 1.82) is 0 Å². The first-order chi connectivity index (χ1) is 10.4. The summed E-state index contributed by atoms with van der Waals surface area (Å²) in [5.74, 6) is 0.0192. The highest BCUT2D eigenvalue weighted by Gasteiger charge is 2.33. The van der Waals surface area contributed by atoms with Crippen LogP contribution in [0.4, 0.5) is 0 Å². The number of amides is 1. The van der Waals surface area contributed by atoms with Gasteiger partial charge in [-0.2, -0.15) is 0 Å². The maximum atomic E-state index is 12.1. The van der Waals surface area contributed by atoms with Crippen LogP contribution in [0.15, 0.2) is 24.3 Å². The Balaban J connectivity index is 1.92. The van der Waals surface area contributed by atoms with Crippen molar-refractivity contribution in [3.8, 4) is 5.75 Å². The van der Waals surface area contributed by atoms with E-state index in [1.54, 1.807) is 18.2 Å². The summed E-state index contributed by atoms with van der Waals surface area (Å²) in [7, 11) is -3.15. The highest BCUT2D eigenvalue weighted by molar-refractivity contribution is 7.91. The second-order valence-electron chi connectivity index (χ2n) is 5.96. The second-order valence-corrected chi connectivity index (χ2v) is 8.22. The largest absolute Gasteiger partial charge is 0.508 e. The Hall–Kier alpha value is -1.56. The Morgan fingerprint density at radius 1 is 1.27 bits per heavy atom. The lowest BCUT2D eigenvalue weighted by molar-refractivity contribution is -0.121. The molecule has 1 aliphatic carbocycles. The smallest absolute Gasteiger partial charge is 0.220 e. The van der Waals surface area contributed by atoms with Crippen molar-refractivity contribution in [2.75, 3.05) is 6.26 Å². The molecule has 1 aromatic carbocycles. The number of nitrogens with one attached hydrogen (secondary N) is 1. The van der Waals surface area contributed by atoms with E-state index < -0.39 is 15.1 Å². The lowest BCUT2D eigenvalue weighted by atomic mass is 9.94. The van der Waals surface area contributed by atoms with Crippen molar-refractivity contribution in [3.63, 3.8) is 0 Å². The number of para-hydroxylation sites is 1. The summed E-state index contributed by atoms with van der Waals surface area (Å²) in [6.07, 6.45) is 5.07. The topological polar surface area (TPSA) is 83.5 Å². The quantitative estimate of drug-likeness (QED) is 0.864. The summed E-state index contributed by atoms with van der Waals surface area (Å²) < 4.78 is 23.6. The third kappa shape index (κ3) is 4.47. The Labute approximate surface area is 131 Å². The molecule has 0 spiro atoms. The van der Waals surface area contributed by atoms with Gasteiger partial charge in [0.05, 0.1) is 5.25 Å². The van der Waals surface area contributed by atoms with E-state index in [4.69, 9.17) is 0 Å². The van der Waals surface area contributed by atoms with Crippen LogP contribution in [0.1, 0.15) is 37.7 Å². The number of aromatic hydroxyl groups is 1. The third-order valence-corrected chi connectivity index (χ3v) is 5.88. The van der Waals surface area contributed by atoms with Gasteiger partial charge < -0.3 is 10.4 Å². The number of hydrogen-bond donors (Lipinski definition) is 2. The maximum absolute atomic E-state index is 12.1. The van der Waals surface area contributed by atoms with Gasteiger partial charge in [0.2, 0.25) is 5.91 Å². The fraction of sp³-hybridized carbons (Fsp3) is 0.562. The molecule has 0 saturated heterocycles. The molecule has 1 aromatic rings. The molecule has 0 unspecified atom stereocenters. The SMILES string of the molecule is CS(=O)(=O)[C@@H]1CCCC[C@H]1NC(=O)CCc1ccccc1O. The molecule has 2 N–H and O–H groups in total. The molecule has 0 radical (unpaired) electrons. The lowest BCUT2D eigenvalue weighted by Crippen LogP contribution is -2.48. The zero-order chi connectivity index (χ0) is 16.2. The van der Waals surface area contributed by atoms with Gasteiger partial charge in [0.25, 0.3) is 0 Å². The van der Waals surface area contributed by atoms with Gasteiger partial charge in [-0.15, -0.1) is 0 Å². The third-order valence-electron chi connectivity index (χ3n) is 4.21. The molecule has 1 amide bonds. The molecule has 0 aromatic heterocycles. The van der Waals surface area contributed by atoms with E-state index in [1.165, 1.54) is 6.26 Å². The summed E-state index contributed by atoms with van der Waals surface area (Å²) in [6.45, 7) is 0. The Morgan fingerprint density at radius 2 is 1.95 bits per heavy atom. The van der Waals surface area contributed by atoms with Crippen molar-refractivity contribution < 1.29 is 18.3 Å². The molecule has 2 atom stereocenters. The summed E-state index contributed by atoms with van der Waals surface area (Å²) in [5.41, 5.74) is 0.723. The lowest BCUT2D eigenvalue weighted by Gasteiger charge is -2.30. The van der Waals surface area contributed by atoms with Gasteiger partial charge >= 0.3 is 0 Å². The minimum atomic E-state index is -3.15. The first-order valence-electron chi connectivity index (χ1n) is 7.63. The molecule has 0 aliphatic heterocycles. The molecule has 22 heavy (non-hydrogen) atoms. The van der Waals surface area contributed by atoms with Crippen LogP contribution in [0.5, 0.6) is 5.75 Å². The van der Waals surface area contributed by atoms with E-state index in [-0.39, 0.29) is 24.1 Å². The Bertz CT molecular complexity index is 627. The van der Waals surface area contributed by atoms with Gasteiger partial charge in [-0.25, -0.2) is 8.42 Å². The maximum Gasteiger partial charge on any atom is 0.220 e. The number of phenolic OH excluding ortho intramolecular Hbond substituents is 1. The Kier molecular flexibility index (Phi) is 5.45. The van der Waals surface area contributed by atoms with Crippen molar-refractivity contribution in [2.24, 2.45) is 0 Å². The van der Waals surface area contributed by atoms with E-state index in [0.717, 1.165) is 18.4 Å². The zero-order valence-corrected chi connectivity index (χ0v) is 13.6. The van der Waals surface area contributed by atoms with Crippen molar-refractivity contribution in [3.05, 3.63) is 29.8 Å². The van der Waals surface area contributed by atoms with Crippen LogP contribution < -0.4 is 5.32 Å². The van der Waals surface area contributed by atoms with Crippen molar-refractivity contribution >= 4 is 15.7 Å². The molecule has 1 fully saturated rings. The number of benzene rings is 1. The molecule has 1 saturated carbocycles. The minimum absolute atomic E-state index is 0.163. The monoisotopic (exact) mass is 325 g/mol. The normalized spacial score (nSPS) is 22.2. The van der Waals surface area contributed by atoms with Crippen molar-refractivity contribution in [2.45, 2.75) is 49.8 Å². The van der Waals surface area contributed by atoms with Crippen LogP contribution in [0, 0.1) is 0 Å². The van der Waals surface area contributed by atoms with Gasteiger partial charge in [0.1, 0.15) is 5.75 Å². The second kappa shape index (κ2) is 7.13. The predicted molar refractivity (Wildman–Crippen MR) is 85.5 cm³/mol. The van der Waals surface area contributed by atoms with Crippen LogP contribution in [0.3, 0.4) is 0 Å². The average Bonchev–Trinajstić information content (AvgIpc) is 2.46. The highest BCUT2D eigenvalue weighted by Crippen LogP contribution is 2.24. The van der Waals surface area contributed by atoms with E-state index in [9.17, 15) is 18.3 Å². The van der Waals surface area contributed by atoms with Crippen LogP contribution >= 0.6 is 0 Å². The average molecular weight is 325 g/mol. The van der Waals surface area contributed by atoms with Gasteiger partial charge in [0, 0.05) is 18.7 Å². The zero-order valence-electron chi connectivity index (χ0n) is 12.8. The number of carbonyl (C=O) groups is 1. The molecule has 1 aliphatic rings. The molecular formula is C16H23NO4S. The minimum Gasteiger partial charge on any atom is -0.508 e.